The zero-order valence-electron chi connectivity index (χ0n) is 19.4. The number of carbonyl (C=O) groups excluding carboxylic acids is 1. The predicted molar refractivity (Wildman–Crippen MR) is 127 cm³/mol. The highest BCUT2D eigenvalue weighted by Gasteiger charge is 2.22. The van der Waals surface area contributed by atoms with Gasteiger partial charge in [0.1, 0.15) is 11.5 Å². The maximum atomic E-state index is 12.5. The Hall–Kier alpha value is -2.61. The van der Waals surface area contributed by atoms with Crippen LogP contribution in [-0.4, -0.2) is 50.6 Å². The number of hydrogen-bond donors (Lipinski definition) is 6. The van der Waals surface area contributed by atoms with Crippen LogP contribution in [0.2, 0.25) is 0 Å². The van der Waals surface area contributed by atoms with Crippen molar-refractivity contribution in [2.75, 3.05) is 6.54 Å². The molecule has 180 valence electrons. The minimum Gasteiger partial charge on any atom is -0.508 e. The first kappa shape index (κ1) is 25.0. The van der Waals surface area contributed by atoms with Crippen molar-refractivity contribution in [1.82, 2.24) is 10.6 Å². The van der Waals surface area contributed by atoms with Gasteiger partial charge in [-0.2, -0.15) is 0 Å². The Morgan fingerprint density at radius 1 is 1.03 bits per heavy atom. The lowest BCUT2D eigenvalue weighted by atomic mass is 9.92. The van der Waals surface area contributed by atoms with Gasteiger partial charge in [-0.25, -0.2) is 0 Å². The molecule has 2 aromatic carbocycles. The average Bonchev–Trinajstić information content (AvgIpc) is 2.73. The van der Waals surface area contributed by atoms with E-state index in [9.17, 15) is 25.2 Å². The Bertz CT molecular complexity index is 918. The summed E-state index contributed by atoms with van der Waals surface area (Å²) >= 11 is 0. The van der Waals surface area contributed by atoms with Gasteiger partial charge >= 0.3 is 0 Å². The predicted octanol–water partition coefficient (Wildman–Crippen LogP) is 2.70. The van der Waals surface area contributed by atoms with Crippen LogP contribution >= 0.6 is 0 Å². The molecule has 1 aliphatic rings. The molecule has 1 saturated carbocycles. The number of benzene rings is 2. The number of β-amino-alcohol motifs (C(OH)–C–C–N with tert-alkyl or cyclic N) is 1. The summed E-state index contributed by atoms with van der Waals surface area (Å²) in [5.74, 6) is -0.182. The van der Waals surface area contributed by atoms with Crippen LogP contribution in [0.4, 0.5) is 0 Å². The van der Waals surface area contributed by atoms with E-state index < -0.39 is 6.10 Å². The number of hydrogen-bond acceptors (Lipinski definition) is 6. The Kier molecular flexibility index (Phi) is 8.35. The van der Waals surface area contributed by atoms with Crippen molar-refractivity contribution in [2.24, 2.45) is 0 Å². The number of aliphatic hydroxyl groups is 2. The van der Waals surface area contributed by atoms with Crippen molar-refractivity contribution in [3.05, 3.63) is 59.2 Å². The molecule has 1 fully saturated rings. The molecule has 1 amide bonds. The van der Waals surface area contributed by atoms with E-state index >= 15 is 0 Å². The molecule has 33 heavy (non-hydrogen) atoms. The highest BCUT2D eigenvalue weighted by Crippen LogP contribution is 2.25. The Morgan fingerprint density at radius 3 is 2.33 bits per heavy atom. The van der Waals surface area contributed by atoms with Gasteiger partial charge in [-0.05, 0) is 74.8 Å². The van der Waals surface area contributed by atoms with Gasteiger partial charge in [0.15, 0.2) is 0 Å². The van der Waals surface area contributed by atoms with Crippen LogP contribution in [0.1, 0.15) is 62.3 Å². The number of aliphatic hydroxyl groups excluding tert-OH is 2. The van der Waals surface area contributed by atoms with Crippen LogP contribution in [0.5, 0.6) is 11.5 Å². The molecule has 0 bridgehead atoms. The molecule has 1 atom stereocenters. The molecule has 1 unspecified atom stereocenters. The molecular weight excluding hydrogens is 420 g/mol. The second-order valence-corrected chi connectivity index (χ2v) is 9.81. The molecule has 1 aliphatic carbocycles. The first-order valence-electron chi connectivity index (χ1n) is 11.6. The van der Waals surface area contributed by atoms with E-state index in [1.54, 1.807) is 0 Å². The summed E-state index contributed by atoms with van der Waals surface area (Å²) in [6, 6.07) is 12.2. The summed E-state index contributed by atoms with van der Waals surface area (Å²) in [5.41, 5.74) is 2.15. The Balaban J connectivity index is 1.52. The number of rotatable bonds is 9. The van der Waals surface area contributed by atoms with Crippen molar-refractivity contribution in [3.63, 3.8) is 0 Å². The summed E-state index contributed by atoms with van der Waals surface area (Å²) in [7, 11) is 0. The van der Waals surface area contributed by atoms with Crippen LogP contribution in [0, 0.1) is 0 Å². The summed E-state index contributed by atoms with van der Waals surface area (Å²) in [4.78, 5) is 12.5. The first-order valence-corrected chi connectivity index (χ1v) is 11.6. The van der Waals surface area contributed by atoms with E-state index in [0.29, 0.717) is 18.4 Å². The zero-order valence-corrected chi connectivity index (χ0v) is 19.4. The van der Waals surface area contributed by atoms with E-state index in [4.69, 9.17) is 0 Å². The third-order valence-electron chi connectivity index (χ3n) is 6.15. The van der Waals surface area contributed by atoms with Crippen LogP contribution in [-0.2, 0) is 17.6 Å². The van der Waals surface area contributed by atoms with Crippen LogP contribution in [0.25, 0.3) is 0 Å². The lowest BCUT2D eigenvalue weighted by Crippen LogP contribution is -2.43. The summed E-state index contributed by atoms with van der Waals surface area (Å²) in [6.07, 6.45) is 3.02. The van der Waals surface area contributed by atoms with Gasteiger partial charge in [-0.3, -0.25) is 4.79 Å². The molecule has 7 heteroatoms. The molecule has 0 aliphatic heterocycles. The van der Waals surface area contributed by atoms with Gasteiger partial charge in [0.05, 0.1) is 18.6 Å². The number of nitrogens with one attached hydrogen (secondary N) is 2. The van der Waals surface area contributed by atoms with Crippen LogP contribution < -0.4 is 10.6 Å². The standard InChI is InChI=1S/C26H36N2O5/c1-26(2,27-16-24(32)19-12-22(30)14-23(31)13-19)15-18-5-3-4-17(10-18)11-25(33)28-20-6-8-21(29)9-7-20/h3-5,10,12-14,20-21,24,27,29-32H,6-9,11,15-16H2,1-2H3,(H,28,33). The SMILES string of the molecule is CC(C)(Cc1cccc(CC(=O)NC2CCC(O)CC2)c1)NCC(O)c1cc(O)cc(O)c1. The summed E-state index contributed by atoms with van der Waals surface area (Å²) in [5, 5.41) is 45.8. The highest BCUT2D eigenvalue weighted by atomic mass is 16.3. The second-order valence-electron chi connectivity index (χ2n) is 9.81. The lowest BCUT2D eigenvalue weighted by Gasteiger charge is -2.28. The first-order chi connectivity index (χ1) is 15.6. The second kappa shape index (κ2) is 11.0. The molecule has 0 saturated heterocycles. The van der Waals surface area contributed by atoms with Crippen molar-refractivity contribution >= 4 is 5.91 Å². The summed E-state index contributed by atoms with van der Waals surface area (Å²) in [6.45, 7) is 4.33. The molecule has 0 radical (unpaired) electrons. The van der Waals surface area contributed by atoms with E-state index in [-0.39, 0.29) is 41.6 Å². The van der Waals surface area contributed by atoms with Gasteiger partial charge in [0.2, 0.25) is 5.91 Å². The molecular formula is C26H36N2O5. The van der Waals surface area contributed by atoms with Crippen molar-refractivity contribution < 1.29 is 25.2 Å². The number of amides is 1. The lowest BCUT2D eigenvalue weighted by molar-refractivity contribution is -0.121. The van der Waals surface area contributed by atoms with Crippen molar-refractivity contribution in [1.29, 1.82) is 0 Å². The number of aromatic hydroxyl groups is 2. The van der Waals surface area contributed by atoms with Crippen LogP contribution in [0.3, 0.4) is 0 Å². The van der Waals surface area contributed by atoms with Gasteiger partial charge in [-0.15, -0.1) is 0 Å². The van der Waals surface area contributed by atoms with Crippen molar-refractivity contribution in [3.8, 4) is 11.5 Å². The molecule has 7 nitrogen and oxygen atoms in total. The van der Waals surface area contributed by atoms with E-state index in [1.165, 1.54) is 18.2 Å². The smallest absolute Gasteiger partial charge is 0.224 e. The molecule has 0 aromatic heterocycles. The third kappa shape index (κ3) is 8.03. The van der Waals surface area contributed by atoms with Gasteiger partial charge in [0.25, 0.3) is 0 Å². The van der Waals surface area contributed by atoms with E-state index in [1.807, 2.05) is 38.1 Å². The van der Waals surface area contributed by atoms with Crippen molar-refractivity contribution in [2.45, 2.75) is 76.2 Å². The van der Waals surface area contributed by atoms with Crippen LogP contribution in [0.15, 0.2) is 42.5 Å². The van der Waals surface area contributed by atoms with Gasteiger partial charge in [0, 0.05) is 24.2 Å². The maximum absolute atomic E-state index is 12.5. The van der Waals surface area contributed by atoms with E-state index in [2.05, 4.69) is 10.6 Å². The summed E-state index contributed by atoms with van der Waals surface area (Å²) < 4.78 is 0. The topological polar surface area (TPSA) is 122 Å². The normalized spacial score (nSPS) is 19.8. The largest absolute Gasteiger partial charge is 0.508 e. The van der Waals surface area contributed by atoms with Gasteiger partial charge < -0.3 is 31.1 Å². The number of carbonyl (C=O) groups is 1. The van der Waals surface area contributed by atoms with Gasteiger partial charge in [-0.1, -0.05) is 24.3 Å². The molecule has 6 N–H and O–H groups in total. The molecule has 3 rings (SSSR count). The highest BCUT2D eigenvalue weighted by molar-refractivity contribution is 5.78. The Morgan fingerprint density at radius 2 is 1.67 bits per heavy atom. The fourth-order valence-corrected chi connectivity index (χ4v) is 4.41. The fourth-order valence-electron chi connectivity index (χ4n) is 4.41. The average molecular weight is 457 g/mol. The minimum absolute atomic E-state index is 0.00316. The minimum atomic E-state index is -0.877. The number of phenolic OH excluding ortho intramolecular Hbond substituents is 2. The molecule has 0 spiro atoms. The monoisotopic (exact) mass is 456 g/mol. The fraction of sp³-hybridized carbons (Fsp3) is 0.500. The zero-order chi connectivity index (χ0) is 24.0. The Labute approximate surface area is 195 Å². The molecule has 0 heterocycles. The number of phenols is 2. The quantitative estimate of drug-likeness (QED) is 0.345. The van der Waals surface area contributed by atoms with E-state index in [0.717, 1.165) is 36.8 Å². The molecule has 2 aromatic rings. The third-order valence-corrected chi connectivity index (χ3v) is 6.15. The maximum Gasteiger partial charge on any atom is 0.224 e.